The average Bonchev–Trinajstić information content (AvgIpc) is 2.55. The Kier molecular flexibility index (Phi) is 5.38. The standard InChI is InChI=1S/C15H12FN3O4S/c1-23-11-6-7-12(13(8-11)19(21)22)17-15(24)18-14(20)9-2-4-10(16)5-3-9/h2-8H,1H3,(H2,17,18,20,24). The highest BCUT2D eigenvalue weighted by molar-refractivity contribution is 7.80. The van der Waals surface area contributed by atoms with Gasteiger partial charge in [-0.25, -0.2) is 4.39 Å². The van der Waals surface area contributed by atoms with Crippen molar-refractivity contribution in [1.82, 2.24) is 5.32 Å². The second-order valence-corrected chi connectivity index (χ2v) is 4.96. The van der Waals surface area contributed by atoms with Crippen LogP contribution < -0.4 is 15.4 Å². The molecule has 0 aliphatic rings. The summed E-state index contributed by atoms with van der Waals surface area (Å²) >= 11 is 4.97. The van der Waals surface area contributed by atoms with E-state index in [0.29, 0.717) is 5.75 Å². The van der Waals surface area contributed by atoms with Gasteiger partial charge in [0, 0.05) is 5.56 Å². The summed E-state index contributed by atoms with van der Waals surface area (Å²) in [5.41, 5.74) is 0.0442. The molecule has 0 atom stereocenters. The van der Waals surface area contributed by atoms with E-state index in [1.54, 1.807) is 0 Å². The van der Waals surface area contributed by atoms with Crippen molar-refractivity contribution in [2.75, 3.05) is 12.4 Å². The molecule has 124 valence electrons. The summed E-state index contributed by atoms with van der Waals surface area (Å²) in [6, 6.07) is 9.02. The Labute approximate surface area is 141 Å². The molecule has 9 heteroatoms. The van der Waals surface area contributed by atoms with Gasteiger partial charge in [-0.2, -0.15) is 0 Å². The first-order chi connectivity index (χ1) is 11.4. The molecule has 2 rings (SSSR count). The fraction of sp³-hybridized carbons (Fsp3) is 0.0667. The lowest BCUT2D eigenvalue weighted by atomic mass is 10.2. The number of amides is 1. The maximum Gasteiger partial charge on any atom is 0.296 e. The van der Waals surface area contributed by atoms with Gasteiger partial charge in [0.25, 0.3) is 11.6 Å². The Morgan fingerprint density at radius 2 is 1.92 bits per heavy atom. The lowest BCUT2D eigenvalue weighted by Crippen LogP contribution is -2.34. The van der Waals surface area contributed by atoms with Gasteiger partial charge in [0.15, 0.2) is 5.11 Å². The van der Waals surface area contributed by atoms with Crippen LogP contribution in [0, 0.1) is 15.9 Å². The van der Waals surface area contributed by atoms with Crippen LogP contribution in [0.4, 0.5) is 15.8 Å². The number of hydrogen-bond donors (Lipinski definition) is 2. The van der Waals surface area contributed by atoms with E-state index in [2.05, 4.69) is 10.6 Å². The van der Waals surface area contributed by atoms with Crippen LogP contribution in [0.15, 0.2) is 42.5 Å². The zero-order chi connectivity index (χ0) is 17.7. The summed E-state index contributed by atoms with van der Waals surface area (Å²) in [5.74, 6) is -0.724. The highest BCUT2D eigenvalue weighted by atomic mass is 32.1. The smallest absolute Gasteiger partial charge is 0.296 e. The molecule has 0 saturated heterocycles. The number of anilines is 1. The van der Waals surface area contributed by atoms with E-state index in [1.165, 1.54) is 37.4 Å². The molecular weight excluding hydrogens is 337 g/mol. The Balaban J connectivity index is 2.10. The van der Waals surface area contributed by atoms with Gasteiger partial charge in [-0.1, -0.05) is 0 Å². The molecule has 0 radical (unpaired) electrons. The Morgan fingerprint density at radius 3 is 2.50 bits per heavy atom. The average molecular weight is 349 g/mol. The molecule has 2 aromatic rings. The molecule has 7 nitrogen and oxygen atoms in total. The maximum absolute atomic E-state index is 12.8. The highest BCUT2D eigenvalue weighted by Gasteiger charge is 2.17. The fourth-order valence-corrected chi connectivity index (χ4v) is 2.03. The van der Waals surface area contributed by atoms with E-state index < -0.39 is 16.6 Å². The fourth-order valence-electron chi connectivity index (χ4n) is 1.83. The molecule has 0 bridgehead atoms. The number of nitrogens with one attached hydrogen (secondary N) is 2. The van der Waals surface area contributed by atoms with Crippen LogP contribution >= 0.6 is 12.2 Å². The minimum absolute atomic E-state index is 0.102. The topological polar surface area (TPSA) is 93.5 Å². The number of thiocarbonyl (C=S) groups is 1. The molecule has 0 saturated carbocycles. The van der Waals surface area contributed by atoms with Gasteiger partial charge >= 0.3 is 0 Å². The van der Waals surface area contributed by atoms with E-state index in [9.17, 15) is 19.3 Å². The summed E-state index contributed by atoms with van der Waals surface area (Å²) in [5, 5.41) is 15.9. The molecule has 0 fully saturated rings. The third kappa shape index (κ3) is 4.23. The van der Waals surface area contributed by atoms with Crippen LogP contribution in [0.2, 0.25) is 0 Å². The summed E-state index contributed by atoms with van der Waals surface area (Å²) < 4.78 is 17.8. The number of methoxy groups -OCH3 is 1. The van der Waals surface area contributed by atoms with Crippen LogP contribution in [-0.4, -0.2) is 23.1 Å². The lowest BCUT2D eigenvalue weighted by molar-refractivity contribution is -0.384. The number of carbonyl (C=O) groups is 1. The first kappa shape index (κ1) is 17.3. The van der Waals surface area contributed by atoms with Gasteiger partial charge < -0.3 is 10.1 Å². The number of ether oxygens (including phenoxy) is 1. The van der Waals surface area contributed by atoms with Gasteiger partial charge in [0.2, 0.25) is 0 Å². The van der Waals surface area contributed by atoms with Crippen molar-refractivity contribution in [3.63, 3.8) is 0 Å². The zero-order valence-corrected chi connectivity index (χ0v) is 13.2. The number of benzene rings is 2. The van der Waals surface area contributed by atoms with Gasteiger partial charge in [-0.05, 0) is 48.6 Å². The molecule has 0 aromatic heterocycles. The molecule has 24 heavy (non-hydrogen) atoms. The van der Waals surface area contributed by atoms with Crippen LogP contribution in [0.3, 0.4) is 0 Å². The third-order valence-corrected chi connectivity index (χ3v) is 3.19. The van der Waals surface area contributed by atoms with Gasteiger partial charge in [-0.3, -0.25) is 20.2 Å². The first-order valence-corrected chi connectivity index (χ1v) is 7.02. The van der Waals surface area contributed by atoms with E-state index in [0.717, 1.165) is 12.1 Å². The SMILES string of the molecule is COc1ccc(NC(=S)NC(=O)c2ccc(F)cc2)c([N+](=O)[O-])c1. The summed E-state index contributed by atoms with van der Waals surface area (Å²) in [6.07, 6.45) is 0. The van der Waals surface area contributed by atoms with Crippen molar-refractivity contribution in [2.24, 2.45) is 0 Å². The van der Waals surface area contributed by atoms with Crippen molar-refractivity contribution in [2.45, 2.75) is 0 Å². The van der Waals surface area contributed by atoms with E-state index >= 15 is 0 Å². The Bertz CT molecular complexity index is 796. The number of rotatable bonds is 4. The number of halogens is 1. The van der Waals surface area contributed by atoms with Crippen molar-refractivity contribution >= 4 is 34.6 Å². The monoisotopic (exact) mass is 349 g/mol. The largest absolute Gasteiger partial charge is 0.496 e. The molecule has 0 heterocycles. The summed E-state index contributed by atoms with van der Waals surface area (Å²) in [6.45, 7) is 0. The summed E-state index contributed by atoms with van der Waals surface area (Å²) in [7, 11) is 1.39. The number of hydrogen-bond acceptors (Lipinski definition) is 5. The Morgan fingerprint density at radius 1 is 1.25 bits per heavy atom. The van der Waals surface area contributed by atoms with Crippen LogP contribution in [0.1, 0.15) is 10.4 Å². The minimum atomic E-state index is -0.602. The van der Waals surface area contributed by atoms with Crippen molar-refractivity contribution < 1.29 is 18.8 Å². The van der Waals surface area contributed by atoms with Gasteiger partial charge in [0.05, 0.1) is 18.1 Å². The number of nitro benzene ring substituents is 1. The van der Waals surface area contributed by atoms with Gasteiger partial charge in [-0.15, -0.1) is 0 Å². The van der Waals surface area contributed by atoms with Crippen molar-refractivity contribution in [1.29, 1.82) is 0 Å². The number of carbonyl (C=O) groups excluding carboxylic acids is 1. The van der Waals surface area contributed by atoms with Crippen molar-refractivity contribution in [3.8, 4) is 5.75 Å². The lowest BCUT2D eigenvalue weighted by Gasteiger charge is -2.10. The summed E-state index contributed by atoms with van der Waals surface area (Å²) in [4.78, 5) is 22.4. The molecular formula is C15H12FN3O4S. The van der Waals surface area contributed by atoms with E-state index in [4.69, 9.17) is 17.0 Å². The molecule has 2 aromatic carbocycles. The molecule has 1 amide bonds. The maximum atomic E-state index is 12.8. The molecule has 0 spiro atoms. The number of nitro groups is 1. The molecule has 0 aliphatic heterocycles. The van der Waals surface area contributed by atoms with Crippen molar-refractivity contribution in [3.05, 3.63) is 64.0 Å². The highest BCUT2D eigenvalue weighted by Crippen LogP contribution is 2.28. The third-order valence-electron chi connectivity index (χ3n) is 2.98. The van der Waals surface area contributed by atoms with E-state index in [-0.39, 0.29) is 22.1 Å². The second kappa shape index (κ2) is 7.47. The normalized spacial score (nSPS) is 9.92. The second-order valence-electron chi connectivity index (χ2n) is 4.56. The zero-order valence-electron chi connectivity index (χ0n) is 12.4. The predicted molar refractivity (Wildman–Crippen MR) is 89.7 cm³/mol. The minimum Gasteiger partial charge on any atom is -0.496 e. The Hall–Kier alpha value is -3.07. The van der Waals surface area contributed by atoms with Crippen LogP contribution in [0.25, 0.3) is 0 Å². The molecule has 0 aliphatic carbocycles. The number of nitrogens with zero attached hydrogens (tertiary/aromatic N) is 1. The molecule has 2 N–H and O–H groups in total. The van der Waals surface area contributed by atoms with Gasteiger partial charge in [0.1, 0.15) is 17.3 Å². The predicted octanol–water partition coefficient (Wildman–Crippen LogP) is 2.87. The molecule has 0 unspecified atom stereocenters. The quantitative estimate of drug-likeness (QED) is 0.501. The van der Waals surface area contributed by atoms with Crippen LogP contribution in [-0.2, 0) is 0 Å². The van der Waals surface area contributed by atoms with Crippen LogP contribution in [0.5, 0.6) is 5.75 Å². The first-order valence-electron chi connectivity index (χ1n) is 6.61. The van der Waals surface area contributed by atoms with E-state index in [1.807, 2.05) is 0 Å².